The summed E-state index contributed by atoms with van der Waals surface area (Å²) in [6.45, 7) is 0. The molecule has 0 aliphatic heterocycles. The molecule has 92 valence electrons. The second-order valence-electron chi connectivity index (χ2n) is 3.61. The highest BCUT2D eigenvalue weighted by Gasteiger charge is 2.22. The molecule has 2 rings (SSSR count). The van der Waals surface area contributed by atoms with Crippen LogP contribution in [0, 0.1) is 0 Å². The van der Waals surface area contributed by atoms with Gasteiger partial charge >= 0.3 is 0 Å². The van der Waals surface area contributed by atoms with E-state index in [1.54, 1.807) is 0 Å². The zero-order chi connectivity index (χ0) is 13.1. The molecule has 0 fully saturated rings. The molecule has 1 heterocycles. The van der Waals surface area contributed by atoms with Crippen molar-refractivity contribution in [2.24, 2.45) is 0 Å². The molecular weight excluding hydrogens is 240 g/mol. The number of alkyl halides is 2. The molecule has 0 saturated carbocycles. The van der Waals surface area contributed by atoms with Gasteiger partial charge in [-0.25, -0.2) is 8.78 Å². The van der Waals surface area contributed by atoms with Crippen molar-refractivity contribution < 1.29 is 18.7 Å². The van der Waals surface area contributed by atoms with Gasteiger partial charge in [-0.15, -0.1) is 0 Å². The van der Waals surface area contributed by atoms with Gasteiger partial charge in [-0.2, -0.15) is 0 Å². The Kier molecular flexibility index (Phi) is 3.32. The second kappa shape index (κ2) is 4.91. The highest BCUT2D eigenvalue weighted by Crippen LogP contribution is 2.30. The predicted octanol–water partition coefficient (Wildman–Crippen LogP) is 2.96. The number of hydrogen-bond acceptors (Lipinski definition) is 3. The number of phenols is 1. The second-order valence-corrected chi connectivity index (χ2v) is 3.61. The molecule has 0 bridgehead atoms. The van der Waals surface area contributed by atoms with E-state index in [2.05, 4.69) is 4.98 Å². The Balaban J connectivity index is 2.54. The van der Waals surface area contributed by atoms with Crippen LogP contribution in [0.1, 0.15) is 27.9 Å². The molecule has 0 radical (unpaired) electrons. The van der Waals surface area contributed by atoms with Crippen LogP contribution in [-0.4, -0.2) is 15.9 Å². The fraction of sp³-hybridized carbons (Fsp3) is 0.0769. The Morgan fingerprint density at radius 2 is 1.83 bits per heavy atom. The zero-order valence-corrected chi connectivity index (χ0v) is 9.18. The fourth-order valence-corrected chi connectivity index (χ4v) is 1.63. The van der Waals surface area contributed by atoms with Crippen LogP contribution in [0.5, 0.6) is 5.75 Å². The summed E-state index contributed by atoms with van der Waals surface area (Å²) in [6.07, 6.45) is -0.0530. The van der Waals surface area contributed by atoms with Crippen LogP contribution >= 0.6 is 0 Å². The van der Waals surface area contributed by atoms with E-state index in [-0.39, 0.29) is 11.1 Å². The molecule has 18 heavy (non-hydrogen) atoms. The van der Waals surface area contributed by atoms with Crippen LogP contribution in [0.2, 0.25) is 0 Å². The number of carbonyl (C=O) groups is 1. The summed E-state index contributed by atoms with van der Waals surface area (Å²) in [5.41, 5.74) is -0.635. The first kappa shape index (κ1) is 12.2. The first-order valence-corrected chi connectivity index (χ1v) is 5.16. The Labute approximate surface area is 102 Å². The first-order chi connectivity index (χ1) is 8.61. The Morgan fingerprint density at radius 3 is 2.44 bits per heavy atom. The van der Waals surface area contributed by atoms with Crippen LogP contribution in [-0.2, 0) is 0 Å². The van der Waals surface area contributed by atoms with Crippen molar-refractivity contribution in [3.8, 4) is 5.75 Å². The Morgan fingerprint density at radius 1 is 1.17 bits per heavy atom. The van der Waals surface area contributed by atoms with Gasteiger partial charge in [0.2, 0.25) is 0 Å². The van der Waals surface area contributed by atoms with Crippen LogP contribution in [0.15, 0.2) is 42.7 Å². The molecule has 0 amide bonds. The van der Waals surface area contributed by atoms with Gasteiger partial charge < -0.3 is 5.11 Å². The number of benzene rings is 1. The van der Waals surface area contributed by atoms with Crippen molar-refractivity contribution in [2.45, 2.75) is 6.43 Å². The van der Waals surface area contributed by atoms with E-state index in [0.717, 1.165) is 6.07 Å². The summed E-state index contributed by atoms with van der Waals surface area (Å²) in [5.74, 6) is -1.10. The van der Waals surface area contributed by atoms with Gasteiger partial charge in [0.15, 0.2) is 5.78 Å². The molecule has 5 heteroatoms. The Hall–Kier alpha value is -2.30. The Bertz CT molecular complexity index is 570. The van der Waals surface area contributed by atoms with Crippen LogP contribution in [0.3, 0.4) is 0 Å². The van der Waals surface area contributed by atoms with Gasteiger partial charge in [0.1, 0.15) is 5.75 Å². The van der Waals surface area contributed by atoms with Gasteiger partial charge in [-0.3, -0.25) is 9.78 Å². The molecule has 1 aromatic carbocycles. The lowest BCUT2D eigenvalue weighted by molar-refractivity contribution is 0.102. The average molecular weight is 249 g/mol. The minimum atomic E-state index is -2.82. The smallest absolute Gasteiger partial charge is 0.264 e. The summed E-state index contributed by atoms with van der Waals surface area (Å²) in [5, 5.41) is 9.60. The molecule has 0 unspecified atom stereocenters. The SMILES string of the molecule is O=C(c1ccncc1)c1c(O)cccc1C(F)F. The number of aromatic nitrogens is 1. The maximum atomic E-state index is 12.8. The quantitative estimate of drug-likeness (QED) is 0.851. The summed E-state index contributed by atoms with van der Waals surface area (Å²) in [6, 6.07) is 6.42. The van der Waals surface area contributed by atoms with Crippen LogP contribution in [0.25, 0.3) is 0 Å². The third-order valence-corrected chi connectivity index (χ3v) is 2.48. The first-order valence-electron chi connectivity index (χ1n) is 5.16. The molecular formula is C13H9F2NO2. The number of phenolic OH excluding ortho intramolecular Hbond substituents is 1. The van der Waals surface area contributed by atoms with Crippen molar-refractivity contribution in [1.82, 2.24) is 4.98 Å². The number of rotatable bonds is 3. The molecule has 2 aromatic rings. The normalized spacial score (nSPS) is 10.6. The van der Waals surface area contributed by atoms with Crippen molar-refractivity contribution in [2.75, 3.05) is 0 Å². The molecule has 3 nitrogen and oxygen atoms in total. The van der Waals surface area contributed by atoms with Crippen molar-refractivity contribution in [1.29, 1.82) is 0 Å². The summed E-state index contributed by atoms with van der Waals surface area (Å²) < 4.78 is 25.6. The van der Waals surface area contributed by atoms with E-state index < -0.39 is 23.5 Å². The van der Waals surface area contributed by atoms with Gasteiger partial charge in [0, 0.05) is 23.5 Å². The van der Waals surface area contributed by atoms with Crippen LogP contribution in [0.4, 0.5) is 8.78 Å². The lowest BCUT2D eigenvalue weighted by Crippen LogP contribution is -2.06. The average Bonchev–Trinajstić information content (AvgIpc) is 2.38. The number of aromatic hydroxyl groups is 1. The zero-order valence-electron chi connectivity index (χ0n) is 9.18. The molecule has 0 aliphatic rings. The van der Waals surface area contributed by atoms with E-state index in [4.69, 9.17) is 0 Å². The number of ketones is 1. The van der Waals surface area contributed by atoms with E-state index in [1.807, 2.05) is 0 Å². The van der Waals surface area contributed by atoms with Gasteiger partial charge in [-0.05, 0) is 18.2 Å². The maximum Gasteiger partial charge on any atom is 0.264 e. The third-order valence-electron chi connectivity index (χ3n) is 2.48. The largest absolute Gasteiger partial charge is 0.507 e. The molecule has 1 N–H and O–H groups in total. The van der Waals surface area contributed by atoms with E-state index in [0.29, 0.717) is 0 Å². The number of hydrogen-bond donors (Lipinski definition) is 1. The number of nitrogens with zero attached hydrogens (tertiary/aromatic N) is 1. The van der Waals surface area contributed by atoms with E-state index in [9.17, 15) is 18.7 Å². The van der Waals surface area contributed by atoms with Gasteiger partial charge in [0.05, 0.1) is 5.56 Å². The molecule has 0 spiro atoms. The third kappa shape index (κ3) is 2.20. The van der Waals surface area contributed by atoms with Gasteiger partial charge in [0.25, 0.3) is 6.43 Å². The molecule has 0 aliphatic carbocycles. The monoisotopic (exact) mass is 249 g/mol. The number of pyridine rings is 1. The van der Waals surface area contributed by atoms with Crippen molar-refractivity contribution in [3.05, 3.63) is 59.4 Å². The van der Waals surface area contributed by atoms with Gasteiger partial charge in [-0.1, -0.05) is 12.1 Å². The molecule has 0 saturated heterocycles. The highest BCUT2D eigenvalue weighted by molar-refractivity contribution is 6.11. The predicted molar refractivity (Wildman–Crippen MR) is 60.7 cm³/mol. The summed E-state index contributed by atoms with van der Waals surface area (Å²) >= 11 is 0. The highest BCUT2D eigenvalue weighted by atomic mass is 19.3. The number of carbonyl (C=O) groups excluding carboxylic acids is 1. The molecule has 1 aromatic heterocycles. The maximum absolute atomic E-state index is 12.8. The fourth-order valence-electron chi connectivity index (χ4n) is 1.63. The lowest BCUT2D eigenvalue weighted by Gasteiger charge is -2.09. The van der Waals surface area contributed by atoms with E-state index >= 15 is 0 Å². The van der Waals surface area contributed by atoms with E-state index in [1.165, 1.54) is 36.7 Å². The summed E-state index contributed by atoms with van der Waals surface area (Å²) in [7, 11) is 0. The lowest BCUT2D eigenvalue weighted by atomic mass is 9.98. The minimum absolute atomic E-state index is 0.202. The van der Waals surface area contributed by atoms with Crippen LogP contribution < -0.4 is 0 Å². The van der Waals surface area contributed by atoms with Crippen molar-refractivity contribution in [3.63, 3.8) is 0 Å². The number of halogens is 2. The van der Waals surface area contributed by atoms with Crippen molar-refractivity contribution >= 4 is 5.78 Å². The summed E-state index contributed by atoms with van der Waals surface area (Å²) in [4.78, 5) is 15.8. The topological polar surface area (TPSA) is 50.2 Å². The molecule has 0 atom stereocenters. The minimum Gasteiger partial charge on any atom is -0.507 e. The standard InChI is InChI=1S/C13H9F2NO2/c14-13(15)9-2-1-3-10(17)11(9)12(18)8-4-6-16-7-5-8/h1-7,13,17H.